The number of nitrogens with two attached hydrogens (primary N) is 1. The minimum absolute atomic E-state index is 0.0671. The topological polar surface area (TPSA) is 174 Å². The lowest BCUT2D eigenvalue weighted by molar-refractivity contribution is -0.147. The van der Waals surface area contributed by atoms with Crippen molar-refractivity contribution in [3.8, 4) is 0 Å². The number of carboxylic acids is 1. The van der Waals surface area contributed by atoms with Crippen LogP contribution in [0.25, 0.3) is 0 Å². The molecule has 27 heavy (non-hydrogen) atoms. The van der Waals surface area contributed by atoms with Crippen LogP contribution in [0.4, 0.5) is 0 Å². The third-order valence-corrected chi connectivity index (χ3v) is 7.50. The molecule has 2 aliphatic rings. The summed E-state index contributed by atoms with van der Waals surface area (Å²) in [5.41, 5.74) is 6.17. The number of fused-ring (bicyclic) bond motifs is 1. The smallest absolute Gasteiger partial charge is 0.352 e. The first-order chi connectivity index (χ1) is 12.7. The molecular weight excluding hydrogens is 419 g/mol. The first-order valence-corrected chi connectivity index (χ1v) is 11.6. The fourth-order valence-electron chi connectivity index (χ4n) is 2.64. The van der Waals surface area contributed by atoms with Crippen LogP contribution in [0.3, 0.4) is 0 Å². The third-order valence-electron chi connectivity index (χ3n) is 3.81. The van der Waals surface area contributed by atoms with Gasteiger partial charge in [0.1, 0.15) is 23.4 Å². The molecule has 0 saturated carbocycles. The molecule has 1 aromatic heterocycles. The number of nitrogens with zero attached hydrogens (tertiary/aromatic N) is 5. The van der Waals surface area contributed by atoms with E-state index in [2.05, 4.69) is 15.5 Å². The van der Waals surface area contributed by atoms with Crippen LogP contribution in [0.1, 0.15) is 6.92 Å². The van der Waals surface area contributed by atoms with Crippen LogP contribution in [0.15, 0.2) is 16.4 Å². The lowest BCUT2D eigenvalue weighted by Crippen LogP contribution is -2.68. The lowest BCUT2D eigenvalue weighted by atomic mass is 10.0. The average molecular weight is 436 g/mol. The highest BCUT2D eigenvalue weighted by Crippen LogP contribution is 2.44. The van der Waals surface area contributed by atoms with E-state index < -0.39 is 31.8 Å². The monoisotopic (exact) mass is 436 g/mol. The Kier molecular flexibility index (Phi) is 5.93. The van der Waals surface area contributed by atoms with Crippen LogP contribution in [0, 0.1) is 0 Å². The highest BCUT2D eigenvalue weighted by Gasteiger charge is 2.51. The summed E-state index contributed by atoms with van der Waals surface area (Å²) in [6, 6.07) is -0.692. The number of β-lactam (4-membered cyclic amide) rings is 1. The molecule has 1 saturated heterocycles. The van der Waals surface area contributed by atoms with Crippen LogP contribution in [-0.4, -0.2) is 76.5 Å². The second-order valence-electron chi connectivity index (χ2n) is 5.64. The number of rotatable bonds is 8. The van der Waals surface area contributed by atoms with Crippen LogP contribution < -0.4 is 5.73 Å². The predicted molar refractivity (Wildman–Crippen MR) is 95.7 cm³/mol. The molecule has 4 N–H and O–H groups in total. The Morgan fingerprint density at radius 3 is 2.96 bits per heavy atom. The molecule has 3 rings (SSSR count). The molecule has 12 nitrogen and oxygen atoms in total. The summed E-state index contributed by atoms with van der Waals surface area (Å²) in [6.07, 6.45) is -0.419. The minimum Gasteiger partial charge on any atom is -0.477 e. The van der Waals surface area contributed by atoms with E-state index in [0.29, 0.717) is 11.3 Å². The Hall–Kier alpha value is -1.44. The van der Waals surface area contributed by atoms with Crippen molar-refractivity contribution in [2.75, 3.05) is 18.1 Å². The number of carbonyl (C=O) groups is 2. The standard InChI is InChI=1S/C12H17N6O6PS2/c1-2-24-25(22,23)5-17-12(14-15-16-17)27-4-6-3-26-10-7(13)9(19)18(10)8(6)11(20)21/h7,10H,2-5,13H2,1H3,(H,20,21)(H,22,23)/t7-,10-/m1/s1. The van der Waals surface area contributed by atoms with Crippen molar-refractivity contribution >= 4 is 43.0 Å². The van der Waals surface area contributed by atoms with Crippen LogP contribution in [0.2, 0.25) is 0 Å². The first-order valence-electron chi connectivity index (χ1n) is 7.76. The van der Waals surface area contributed by atoms with Gasteiger partial charge in [0.05, 0.1) is 6.61 Å². The average Bonchev–Trinajstić information content (AvgIpc) is 3.04. The molecule has 0 aliphatic carbocycles. The van der Waals surface area contributed by atoms with E-state index in [1.165, 1.54) is 16.7 Å². The Bertz CT molecular complexity index is 846. The summed E-state index contributed by atoms with van der Waals surface area (Å²) in [5.74, 6) is -1.03. The lowest BCUT2D eigenvalue weighted by Gasteiger charge is -2.48. The molecule has 1 unspecified atom stereocenters. The molecule has 15 heteroatoms. The summed E-state index contributed by atoms with van der Waals surface area (Å²) in [6.45, 7) is 1.66. The molecule has 3 atom stereocenters. The Labute approximate surface area is 162 Å². The maximum atomic E-state index is 11.9. The van der Waals surface area contributed by atoms with Gasteiger partial charge in [0.15, 0.2) is 0 Å². The summed E-state index contributed by atoms with van der Waals surface area (Å²) >= 11 is 2.50. The van der Waals surface area contributed by atoms with Gasteiger partial charge >= 0.3 is 13.6 Å². The van der Waals surface area contributed by atoms with Gasteiger partial charge in [0.2, 0.25) is 11.1 Å². The second kappa shape index (κ2) is 7.89. The number of tetrazole rings is 1. The van der Waals surface area contributed by atoms with E-state index in [9.17, 15) is 24.2 Å². The van der Waals surface area contributed by atoms with Gasteiger partial charge in [-0.3, -0.25) is 14.3 Å². The fraction of sp³-hybridized carbons (Fsp3) is 0.583. The van der Waals surface area contributed by atoms with Gasteiger partial charge in [-0.1, -0.05) is 11.8 Å². The maximum absolute atomic E-state index is 11.9. The van der Waals surface area contributed by atoms with E-state index in [1.54, 1.807) is 6.92 Å². The second-order valence-corrected chi connectivity index (χ2v) is 9.50. The zero-order valence-electron chi connectivity index (χ0n) is 14.1. The number of thioether (sulfide) groups is 2. The molecule has 0 aromatic carbocycles. The maximum Gasteiger partial charge on any atom is 0.352 e. The van der Waals surface area contributed by atoms with Crippen molar-refractivity contribution in [1.29, 1.82) is 0 Å². The van der Waals surface area contributed by atoms with E-state index >= 15 is 0 Å². The number of amides is 1. The molecule has 1 amide bonds. The molecule has 0 spiro atoms. The van der Waals surface area contributed by atoms with E-state index in [0.717, 1.165) is 16.4 Å². The molecule has 2 aliphatic heterocycles. The molecule has 1 aromatic rings. The predicted octanol–water partition coefficient (Wildman–Crippen LogP) is -0.474. The molecule has 3 heterocycles. The van der Waals surface area contributed by atoms with Gasteiger partial charge in [-0.2, -0.15) is 0 Å². The normalized spacial score (nSPS) is 24.4. The van der Waals surface area contributed by atoms with Gasteiger partial charge in [0, 0.05) is 11.5 Å². The highest BCUT2D eigenvalue weighted by molar-refractivity contribution is 8.01. The number of aliphatic carboxylic acids is 1. The van der Waals surface area contributed by atoms with Gasteiger partial charge in [0.25, 0.3) is 0 Å². The van der Waals surface area contributed by atoms with Crippen molar-refractivity contribution in [3.05, 3.63) is 11.3 Å². The summed E-state index contributed by atoms with van der Waals surface area (Å²) in [7, 11) is -3.89. The molecular formula is C12H17N6O6PS2. The minimum atomic E-state index is -3.89. The quantitative estimate of drug-likeness (QED) is 0.272. The summed E-state index contributed by atoms with van der Waals surface area (Å²) in [5, 5.41) is 20.3. The molecule has 0 radical (unpaired) electrons. The van der Waals surface area contributed by atoms with Gasteiger partial charge in [-0.05, 0) is 22.9 Å². The van der Waals surface area contributed by atoms with E-state index in [-0.39, 0.29) is 28.6 Å². The number of hydrogen-bond acceptors (Lipinski definition) is 10. The van der Waals surface area contributed by atoms with Gasteiger partial charge in [-0.15, -0.1) is 16.9 Å². The van der Waals surface area contributed by atoms with Crippen molar-refractivity contribution in [3.63, 3.8) is 0 Å². The largest absolute Gasteiger partial charge is 0.477 e. The van der Waals surface area contributed by atoms with Gasteiger partial charge in [-0.25, -0.2) is 9.48 Å². The van der Waals surface area contributed by atoms with Crippen LogP contribution >= 0.6 is 31.1 Å². The zero-order chi connectivity index (χ0) is 19.8. The number of aromatic nitrogens is 4. The fourth-order valence-corrected chi connectivity index (χ4v) is 6.06. The zero-order valence-corrected chi connectivity index (χ0v) is 16.6. The number of hydrogen-bond donors (Lipinski definition) is 3. The Balaban J connectivity index is 1.75. The van der Waals surface area contributed by atoms with Crippen LogP contribution in [0.5, 0.6) is 0 Å². The van der Waals surface area contributed by atoms with Crippen LogP contribution in [-0.2, 0) is 25.0 Å². The van der Waals surface area contributed by atoms with Crippen molar-refractivity contribution in [1.82, 2.24) is 25.1 Å². The van der Waals surface area contributed by atoms with Crippen molar-refractivity contribution in [2.24, 2.45) is 5.73 Å². The Morgan fingerprint density at radius 2 is 2.30 bits per heavy atom. The van der Waals surface area contributed by atoms with E-state index in [4.69, 9.17) is 10.3 Å². The third kappa shape index (κ3) is 4.05. The number of carbonyl (C=O) groups excluding carboxylic acids is 1. The van der Waals surface area contributed by atoms with E-state index in [1.807, 2.05) is 0 Å². The summed E-state index contributed by atoms with van der Waals surface area (Å²) < 4.78 is 17.8. The molecule has 1 fully saturated rings. The highest BCUT2D eigenvalue weighted by atomic mass is 32.2. The molecule has 148 valence electrons. The number of carboxylic acid groups (broad SMARTS) is 1. The SMILES string of the molecule is CCOP(=O)(O)Cn1nnnc1SCC1=C(C(=O)O)N2C(=O)[C@@H](N)[C@H]2SC1. The van der Waals surface area contributed by atoms with Crippen molar-refractivity contribution in [2.45, 2.75) is 29.8 Å². The van der Waals surface area contributed by atoms with Gasteiger partial charge < -0.3 is 20.3 Å². The first kappa shape index (κ1) is 20.3. The molecule has 0 bridgehead atoms. The van der Waals surface area contributed by atoms with Crippen molar-refractivity contribution < 1.29 is 28.7 Å². The Morgan fingerprint density at radius 1 is 1.56 bits per heavy atom. The summed E-state index contributed by atoms with van der Waals surface area (Å²) in [4.78, 5) is 34.5.